The van der Waals surface area contributed by atoms with Crippen molar-refractivity contribution in [2.75, 3.05) is 0 Å². The van der Waals surface area contributed by atoms with Gasteiger partial charge >= 0.3 is 0 Å². The summed E-state index contributed by atoms with van der Waals surface area (Å²) in [5, 5.41) is 8.04. The first kappa shape index (κ1) is 13.8. The van der Waals surface area contributed by atoms with E-state index >= 15 is 0 Å². The van der Waals surface area contributed by atoms with Gasteiger partial charge in [-0.1, -0.05) is 42.5 Å². The minimum absolute atomic E-state index is 0.254. The van der Waals surface area contributed by atoms with Crippen molar-refractivity contribution in [2.45, 2.75) is 13.0 Å². The van der Waals surface area contributed by atoms with Crippen molar-refractivity contribution in [1.29, 1.82) is 0 Å². The lowest BCUT2D eigenvalue weighted by molar-refractivity contribution is 0.258. The minimum atomic E-state index is 0.254. The summed E-state index contributed by atoms with van der Waals surface area (Å²) in [5.41, 5.74) is 1.14. The third-order valence-corrected chi connectivity index (χ3v) is 3.55. The number of ether oxygens (including phenoxy) is 1. The van der Waals surface area contributed by atoms with Crippen molar-refractivity contribution in [3.05, 3.63) is 76.4 Å². The molecule has 5 heteroatoms. The Morgan fingerprint density at radius 2 is 1.62 bits per heavy atom. The van der Waals surface area contributed by atoms with E-state index < -0.39 is 0 Å². The van der Waals surface area contributed by atoms with Gasteiger partial charge < -0.3 is 9.15 Å². The summed E-state index contributed by atoms with van der Waals surface area (Å²) < 4.78 is 12.1. The first-order valence-corrected chi connectivity index (χ1v) is 7.33. The molecule has 0 N–H and O–H groups in total. The zero-order valence-electron chi connectivity index (χ0n) is 11.2. The highest BCUT2D eigenvalue weighted by Gasteiger charge is 2.08. The lowest BCUT2D eigenvalue weighted by Gasteiger charge is -2.04. The molecule has 4 nitrogen and oxygen atoms in total. The van der Waals surface area contributed by atoms with Crippen molar-refractivity contribution >= 4 is 15.9 Å². The van der Waals surface area contributed by atoms with Gasteiger partial charge in [-0.3, -0.25) is 0 Å². The molecular weight excluding hydrogens is 332 g/mol. The van der Waals surface area contributed by atoms with Crippen molar-refractivity contribution in [3.63, 3.8) is 0 Å². The molecule has 1 aromatic heterocycles. The summed E-state index contributed by atoms with van der Waals surface area (Å²) in [7, 11) is 0. The van der Waals surface area contributed by atoms with E-state index in [1.54, 1.807) is 0 Å². The standard InChI is InChI=1S/C16H13BrN2O2/c17-13-8-4-5-9-14(13)20-11-16-19-18-15(21-16)10-12-6-2-1-3-7-12/h1-9H,10-11H2. The molecule has 21 heavy (non-hydrogen) atoms. The summed E-state index contributed by atoms with van der Waals surface area (Å²) in [6, 6.07) is 17.7. The van der Waals surface area contributed by atoms with Crippen LogP contribution in [0, 0.1) is 0 Å². The van der Waals surface area contributed by atoms with Crippen LogP contribution in [0.1, 0.15) is 17.3 Å². The molecule has 0 fully saturated rings. The zero-order chi connectivity index (χ0) is 14.5. The minimum Gasteiger partial charge on any atom is -0.483 e. The SMILES string of the molecule is Brc1ccccc1OCc1nnc(Cc2ccccc2)o1. The average Bonchev–Trinajstić information content (AvgIpc) is 2.95. The smallest absolute Gasteiger partial charge is 0.253 e. The molecule has 0 aliphatic heterocycles. The zero-order valence-corrected chi connectivity index (χ0v) is 12.8. The molecule has 0 aliphatic rings. The predicted octanol–water partition coefficient (Wildman–Crippen LogP) is 4.00. The van der Waals surface area contributed by atoms with Crippen LogP contribution in [0.15, 0.2) is 63.5 Å². The van der Waals surface area contributed by atoms with Crippen molar-refractivity contribution in [2.24, 2.45) is 0 Å². The van der Waals surface area contributed by atoms with Gasteiger partial charge in [-0.2, -0.15) is 0 Å². The van der Waals surface area contributed by atoms with Crippen LogP contribution >= 0.6 is 15.9 Å². The van der Waals surface area contributed by atoms with Crippen LogP contribution in [-0.2, 0) is 13.0 Å². The fourth-order valence-electron chi connectivity index (χ4n) is 1.89. The van der Waals surface area contributed by atoms with Gasteiger partial charge in [0.25, 0.3) is 5.89 Å². The van der Waals surface area contributed by atoms with E-state index in [0.717, 1.165) is 15.8 Å². The number of para-hydroxylation sites is 1. The van der Waals surface area contributed by atoms with E-state index in [4.69, 9.17) is 9.15 Å². The molecular formula is C16H13BrN2O2. The molecule has 0 aliphatic carbocycles. The van der Waals surface area contributed by atoms with E-state index in [9.17, 15) is 0 Å². The van der Waals surface area contributed by atoms with Gasteiger partial charge in [-0.05, 0) is 33.6 Å². The maximum atomic E-state index is 5.64. The van der Waals surface area contributed by atoms with Crippen LogP contribution < -0.4 is 4.74 Å². The van der Waals surface area contributed by atoms with Crippen molar-refractivity contribution in [3.8, 4) is 5.75 Å². The van der Waals surface area contributed by atoms with E-state index in [0.29, 0.717) is 18.2 Å². The molecule has 1 heterocycles. The molecule has 0 bridgehead atoms. The van der Waals surface area contributed by atoms with Gasteiger partial charge in [0, 0.05) is 0 Å². The van der Waals surface area contributed by atoms with Gasteiger partial charge in [0.05, 0.1) is 10.9 Å². The number of benzene rings is 2. The summed E-state index contributed by atoms with van der Waals surface area (Å²) in [6.45, 7) is 0.254. The summed E-state index contributed by atoms with van der Waals surface area (Å²) in [6.07, 6.45) is 0.628. The normalized spacial score (nSPS) is 10.5. The fraction of sp³-hybridized carbons (Fsp3) is 0.125. The van der Waals surface area contributed by atoms with Crippen LogP contribution in [0.3, 0.4) is 0 Å². The number of aromatic nitrogens is 2. The Bertz CT molecular complexity index is 713. The molecule has 0 saturated carbocycles. The topological polar surface area (TPSA) is 48.2 Å². The highest BCUT2D eigenvalue weighted by atomic mass is 79.9. The Labute approximate surface area is 130 Å². The summed E-state index contributed by atoms with van der Waals surface area (Å²) >= 11 is 3.43. The quantitative estimate of drug-likeness (QED) is 0.701. The third-order valence-electron chi connectivity index (χ3n) is 2.89. The van der Waals surface area contributed by atoms with Crippen LogP contribution in [0.25, 0.3) is 0 Å². The molecule has 0 radical (unpaired) electrons. The monoisotopic (exact) mass is 344 g/mol. The van der Waals surface area contributed by atoms with Gasteiger partial charge in [-0.25, -0.2) is 0 Å². The molecule has 0 spiro atoms. The van der Waals surface area contributed by atoms with Gasteiger partial charge in [0.2, 0.25) is 5.89 Å². The second-order valence-electron chi connectivity index (χ2n) is 4.47. The van der Waals surface area contributed by atoms with Crippen molar-refractivity contribution in [1.82, 2.24) is 10.2 Å². The Kier molecular flexibility index (Phi) is 4.31. The molecule has 0 amide bonds. The maximum Gasteiger partial charge on any atom is 0.253 e. The van der Waals surface area contributed by atoms with E-state index in [1.165, 1.54) is 0 Å². The lowest BCUT2D eigenvalue weighted by atomic mass is 10.2. The maximum absolute atomic E-state index is 5.64. The average molecular weight is 345 g/mol. The Morgan fingerprint density at radius 3 is 2.43 bits per heavy atom. The van der Waals surface area contributed by atoms with Gasteiger partial charge in [-0.15, -0.1) is 10.2 Å². The second-order valence-corrected chi connectivity index (χ2v) is 5.33. The molecule has 0 saturated heterocycles. The number of rotatable bonds is 5. The molecule has 0 unspecified atom stereocenters. The molecule has 0 atom stereocenters. The van der Waals surface area contributed by atoms with E-state index in [-0.39, 0.29) is 6.61 Å². The van der Waals surface area contributed by atoms with Crippen LogP contribution in [0.4, 0.5) is 0 Å². The van der Waals surface area contributed by atoms with Crippen LogP contribution in [0.5, 0.6) is 5.75 Å². The Morgan fingerprint density at radius 1 is 0.905 bits per heavy atom. The number of nitrogens with zero attached hydrogens (tertiary/aromatic N) is 2. The molecule has 2 aromatic carbocycles. The molecule has 3 aromatic rings. The second kappa shape index (κ2) is 6.54. The highest BCUT2D eigenvalue weighted by molar-refractivity contribution is 9.10. The first-order chi connectivity index (χ1) is 10.3. The van der Waals surface area contributed by atoms with Crippen LogP contribution in [0.2, 0.25) is 0 Å². The largest absolute Gasteiger partial charge is 0.483 e. The first-order valence-electron chi connectivity index (χ1n) is 6.54. The summed E-state index contributed by atoms with van der Waals surface area (Å²) in [4.78, 5) is 0. The van der Waals surface area contributed by atoms with Crippen molar-refractivity contribution < 1.29 is 9.15 Å². The number of hydrogen-bond acceptors (Lipinski definition) is 4. The number of halogens is 1. The Hall–Kier alpha value is -2.14. The fourth-order valence-corrected chi connectivity index (χ4v) is 2.29. The molecule has 3 rings (SSSR count). The Balaban J connectivity index is 1.62. The highest BCUT2D eigenvalue weighted by Crippen LogP contribution is 2.24. The van der Waals surface area contributed by atoms with E-state index in [2.05, 4.69) is 26.1 Å². The predicted molar refractivity (Wildman–Crippen MR) is 82.0 cm³/mol. The summed E-state index contributed by atoms with van der Waals surface area (Å²) in [5.74, 6) is 1.81. The van der Waals surface area contributed by atoms with Crippen LogP contribution in [-0.4, -0.2) is 10.2 Å². The lowest BCUT2D eigenvalue weighted by Crippen LogP contribution is -1.96. The van der Waals surface area contributed by atoms with E-state index in [1.807, 2.05) is 54.6 Å². The molecule has 106 valence electrons. The van der Waals surface area contributed by atoms with Gasteiger partial charge in [0.1, 0.15) is 5.75 Å². The van der Waals surface area contributed by atoms with Gasteiger partial charge in [0.15, 0.2) is 6.61 Å². The third kappa shape index (κ3) is 3.70. The number of hydrogen-bond donors (Lipinski definition) is 0.